The van der Waals surface area contributed by atoms with Gasteiger partial charge in [0.1, 0.15) is 5.25 Å². The number of aromatic nitrogens is 4. The molecule has 0 bridgehead atoms. The van der Waals surface area contributed by atoms with Crippen LogP contribution in [0.2, 0.25) is 0 Å². The minimum absolute atomic E-state index is 0.229. The monoisotopic (exact) mass is 292 g/mol. The van der Waals surface area contributed by atoms with Crippen molar-refractivity contribution in [1.29, 1.82) is 0 Å². The van der Waals surface area contributed by atoms with Gasteiger partial charge in [0.05, 0.1) is 6.61 Å². The average molecular weight is 292 g/mol. The quantitative estimate of drug-likeness (QED) is 0.650. The zero-order valence-corrected chi connectivity index (χ0v) is 12.2. The van der Waals surface area contributed by atoms with E-state index >= 15 is 0 Å². The van der Waals surface area contributed by atoms with Crippen LogP contribution in [0.5, 0.6) is 0 Å². The normalized spacial score (nSPS) is 12.1. The predicted molar refractivity (Wildman–Crippen MR) is 76.2 cm³/mol. The minimum Gasteiger partial charge on any atom is -0.465 e. The standard InChI is InChI=1S/C13H16N4O2S/c1-3-10(12(18)19-4-2)20-13-15-11(16-17-13)9-6-5-7-14-8-9/h5-8,10H,3-4H2,1-2H3,(H,15,16,17)/t10-/m0/s1. The van der Waals surface area contributed by atoms with Crippen molar-refractivity contribution in [3.05, 3.63) is 24.5 Å². The highest BCUT2D eigenvalue weighted by molar-refractivity contribution is 8.00. The van der Waals surface area contributed by atoms with Crippen LogP contribution in [0.4, 0.5) is 0 Å². The third kappa shape index (κ3) is 3.57. The lowest BCUT2D eigenvalue weighted by Crippen LogP contribution is -2.19. The van der Waals surface area contributed by atoms with Crippen molar-refractivity contribution < 1.29 is 9.53 Å². The summed E-state index contributed by atoms with van der Waals surface area (Å²) in [5.41, 5.74) is 0.857. The SMILES string of the molecule is CCOC(=O)[C@H](CC)Sc1n[nH]c(-c2cccnc2)n1. The second kappa shape index (κ2) is 7.04. The van der Waals surface area contributed by atoms with Gasteiger partial charge in [-0.05, 0) is 25.5 Å². The predicted octanol–water partition coefficient (Wildman–Crippen LogP) is 2.30. The van der Waals surface area contributed by atoms with Gasteiger partial charge in [-0.15, -0.1) is 5.10 Å². The van der Waals surface area contributed by atoms with Gasteiger partial charge < -0.3 is 4.74 Å². The molecule has 0 fully saturated rings. The number of thioether (sulfide) groups is 1. The molecule has 0 aliphatic rings. The van der Waals surface area contributed by atoms with E-state index in [1.54, 1.807) is 19.3 Å². The van der Waals surface area contributed by atoms with E-state index in [2.05, 4.69) is 20.2 Å². The maximum atomic E-state index is 11.7. The summed E-state index contributed by atoms with van der Waals surface area (Å²) >= 11 is 1.30. The number of nitrogens with one attached hydrogen (secondary N) is 1. The van der Waals surface area contributed by atoms with Crippen LogP contribution in [0.25, 0.3) is 11.4 Å². The third-order valence-corrected chi connectivity index (χ3v) is 3.77. The van der Waals surface area contributed by atoms with Gasteiger partial charge in [0, 0.05) is 18.0 Å². The number of ether oxygens (including phenoxy) is 1. The molecule has 1 atom stereocenters. The molecule has 0 aliphatic carbocycles. The van der Waals surface area contributed by atoms with Gasteiger partial charge >= 0.3 is 5.97 Å². The Bertz CT molecular complexity index is 559. The van der Waals surface area contributed by atoms with E-state index in [1.165, 1.54) is 11.8 Å². The Morgan fingerprint density at radius 2 is 2.35 bits per heavy atom. The van der Waals surface area contributed by atoms with E-state index in [0.29, 0.717) is 24.0 Å². The molecule has 106 valence electrons. The molecule has 0 spiro atoms. The molecule has 0 saturated carbocycles. The van der Waals surface area contributed by atoms with E-state index in [4.69, 9.17) is 4.74 Å². The van der Waals surface area contributed by atoms with Crippen molar-refractivity contribution in [2.45, 2.75) is 30.7 Å². The van der Waals surface area contributed by atoms with Gasteiger partial charge in [0.25, 0.3) is 0 Å². The van der Waals surface area contributed by atoms with Crippen LogP contribution < -0.4 is 0 Å². The summed E-state index contributed by atoms with van der Waals surface area (Å²) in [5.74, 6) is 0.409. The van der Waals surface area contributed by atoms with Crippen LogP contribution in [-0.4, -0.2) is 38.0 Å². The molecule has 20 heavy (non-hydrogen) atoms. The average Bonchev–Trinajstić information content (AvgIpc) is 2.94. The summed E-state index contributed by atoms with van der Waals surface area (Å²) < 4.78 is 5.02. The number of nitrogens with zero attached hydrogens (tertiary/aromatic N) is 3. The van der Waals surface area contributed by atoms with Crippen LogP contribution in [-0.2, 0) is 9.53 Å². The number of carbonyl (C=O) groups is 1. The van der Waals surface area contributed by atoms with E-state index in [1.807, 2.05) is 19.1 Å². The summed E-state index contributed by atoms with van der Waals surface area (Å²) in [5, 5.41) is 7.21. The van der Waals surface area contributed by atoms with Crippen LogP contribution >= 0.6 is 11.8 Å². The van der Waals surface area contributed by atoms with E-state index in [9.17, 15) is 4.79 Å². The number of H-pyrrole nitrogens is 1. The summed E-state index contributed by atoms with van der Waals surface area (Å²) in [6.07, 6.45) is 4.07. The van der Waals surface area contributed by atoms with Crippen molar-refractivity contribution in [2.75, 3.05) is 6.61 Å². The number of hydrogen-bond donors (Lipinski definition) is 1. The first kappa shape index (κ1) is 14.5. The fourth-order valence-corrected chi connectivity index (χ4v) is 2.42. The highest BCUT2D eigenvalue weighted by atomic mass is 32.2. The summed E-state index contributed by atoms with van der Waals surface area (Å²) in [6.45, 7) is 4.11. The minimum atomic E-state index is -0.285. The number of carbonyl (C=O) groups excluding carboxylic acids is 1. The Hall–Kier alpha value is -1.89. The molecule has 7 heteroatoms. The largest absolute Gasteiger partial charge is 0.465 e. The Labute approximate surface area is 121 Å². The second-order valence-electron chi connectivity index (χ2n) is 3.98. The first-order valence-electron chi connectivity index (χ1n) is 6.40. The van der Waals surface area contributed by atoms with Gasteiger partial charge in [-0.3, -0.25) is 14.9 Å². The lowest BCUT2D eigenvalue weighted by atomic mass is 10.3. The molecule has 0 radical (unpaired) electrons. The molecule has 2 heterocycles. The number of hydrogen-bond acceptors (Lipinski definition) is 6. The van der Waals surface area contributed by atoms with Crippen LogP contribution in [0.3, 0.4) is 0 Å². The third-order valence-electron chi connectivity index (χ3n) is 2.57. The molecule has 2 rings (SSSR count). The van der Waals surface area contributed by atoms with Crippen molar-refractivity contribution >= 4 is 17.7 Å². The molecular weight excluding hydrogens is 276 g/mol. The van der Waals surface area contributed by atoms with Crippen molar-refractivity contribution in [2.24, 2.45) is 0 Å². The van der Waals surface area contributed by atoms with Crippen LogP contribution in [0, 0.1) is 0 Å². The molecule has 0 aromatic carbocycles. The topological polar surface area (TPSA) is 80.8 Å². The van der Waals surface area contributed by atoms with Gasteiger partial charge in [0.2, 0.25) is 5.16 Å². The summed E-state index contributed by atoms with van der Waals surface area (Å²) in [7, 11) is 0. The fraction of sp³-hybridized carbons (Fsp3) is 0.385. The van der Waals surface area contributed by atoms with Gasteiger partial charge in [-0.25, -0.2) is 4.98 Å². The zero-order chi connectivity index (χ0) is 14.4. The Morgan fingerprint density at radius 1 is 1.50 bits per heavy atom. The van der Waals surface area contributed by atoms with Gasteiger partial charge in [-0.1, -0.05) is 18.7 Å². The molecule has 0 aliphatic heterocycles. The maximum absolute atomic E-state index is 11.7. The number of rotatable bonds is 6. The van der Waals surface area contributed by atoms with E-state index in [0.717, 1.165) is 5.56 Å². The maximum Gasteiger partial charge on any atom is 0.319 e. The Balaban J connectivity index is 2.07. The molecule has 1 N–H and O–H groups in total. The molecule has 0 saturated heterocycles. The Kier molecular flexibility index (Phi) is 5.11. The molecule has 0 amide bonds. The zero-order valence-electron chi connectivity index (χ0n) is 11.4. The number of esters is 1. The smallest absolute Gasteiger partial charge is 0.319 e. The molecule has 0 unspecified atom stereocenters. The van der Waals surface area contributed by atoms with Gasteiger partial charge in [-0.2, -0.15) is 0 Å². The van der Waals surface area contributed by atoms with E-state index < -0.39 is 0 Å². The van der Waals surface area contributed by atoms with Gasteiger partial charge in [0.15, 0.2) is 5.82 Å². The molecule has 2 aromatic heterocycles. The number of aromatic amines is 1. The summed E-state index contributed by atoms with van der Waals surface area (Å²) in [4.78, 5) is 20.1. The summed E-state index contributed by atoms with van der Waals surface area (Å²) in [6, 6.07) is 3.72. The van der Waals surface area contributed by atoms with Crippen LogP contribution in [0.15, 0.2) is 29.7 Å². The van der Waals surface area contributed by atoms with Crippen molar-refractivity contribution in [3.63, 3.8) is 0 Å². The lowest BCUT2D eigenvalue weighted by molar-refractivity contribution is -0.142. The molecule has 6 nitrogen and oxygen atoms in total. The first-order valence-corrected chi connectivity index (χ1v) is 7.28. The van der Waals surface area contributed by atoms with E-state index in [-0.39, 0.29) is 11.2 Å². The van der Waals surface area contributed by atoms with Crippen molar-refractivity contribution in [3.8, 4) is 11.4 Å². The first-order chi connectivity index (χ1) is 9.74. The second-order valence-corrected chi connectivity index (χ2v) is 5.14. The lowest BCUT2D eigenvalue weighted by Gasteiger charge is -2.10. The number of pyridine rings is 1. The fourth-order valence-electron chi connectivity index (χ4n) is 1.59. The van der Waals surface area contributed by atoms with Crippen LogP contribution in [0.1, 0.15) is 20.3 Å². The highest BCUT2D eigenvalue weighted by Gasteiger charge is 2.21. The molecule has 2 aromatic rings. The molecular formula is C13H16N4O2S. The highest BCUT2D eigenvalue weighted by Crippen LogP contribution is 2.25. The van der Waals surface area contributed by atoms with Crippen molar-refractivity contribution in [1.82, 2.24) is 20.2 Å². The Morgan fingerprint density at radius 3 is 3.00 bits per heavy atom.